The Kier molecular flexibility index (Phi) is 12.0. The number of urea groups is 1. The quantitative estimate of drug-likeness (QED) is 0.400. The van der Waals surface area contributed by atoms with E-state index in [1.807, 2.05) is 20.9 Å². The minimum Gasteiger partial charge on any atom is -0.497 e. The van der Waals surface area contributed by atoms with Gasteiger partial charge in [0.1, 0.15) is 11.5 Å². The van der Waals surface area contributed by atoms with Crippen LogP contribution in [-0.4, -0.2) is 80.7 Å². The third-order valence-electron chi connectivity index (χ3n) is 7.06. The van der Waals surface area contributed by atoms with Crippen molar-refractivity contribution >= 4 is 23.3 Å². The van der Waals surface area contributed by atoms with Crippen LogP contribution in [0, 0.1) is 5.92 Å². The number of amides is 3. The van der Waals surface area contributed by atoms with Crippen LogP contribution in [0.5, 0.6) is 11.5 Å². The Balaban J connectivity index is 1.90. The molecule has 10 nitrogen and oxygen atoms in total. The molecule has 0 fully saturated rings. The Morgan fingerprint density at radius 2 is 1.82 bits per heavy atom. The lowest BCUT2D eigenvalue weighted by Crippen LogP contribution is -2.47. The molecule has 0 bridgehead atoms. The molecular formula is C30H44N4O6. The van der Waals surface area contributed by atoms with Crippen molar-refractivity contribution < 1.29 is 28.9 Å². The largest absolute Gasteiger partial charge is 0.497 e. The minimum absolute atomic E-state index is 0.00761. The van der Waals surface area contributed by atoms with Gasteiger partial charge in [-0.25, -0.2) is 4.79 Å². The summed E-state index contributed by atoms with van der Waals surface area (Å²) in [5.41, 5.74) is 1.36. The third-order valence-corrected chi connectivity index (χ3v) is 7.06. The Morgan fingerprint density at radius 1 is 1.12 bits per heavy atom. The maximum absolute atomic E-state index is 14.1. The van der Waals surface area contributed by atoms with Crippen LogP contribution < -0.4 is 25.4 Å². The highest BCUT2D eigenvalue weighted by atomic mass is 16.5. The lowest BCUT2D eigenvalue weighted by molar-refractivity contribution is -0.000451. The number of carbonyl (C=O) groups is 2. The second-order valence-corrected chi connectivity index (χ2v) is 10.4. The summed E-state index contributed by atoms with van der Waals surface area (Å²) in [5, 5.41) is 18.8. The van der Waals surface area contributed by atoms with Crippen molar-refractivity contribution in [3.63, 3.8) is 0 Å². The molecule has 0 saturated carbocycles. The summed E-state index contributed by atoms with van der Waals surface area (Å²) in [6, 6.07) is 11.2. The maximum atomic E-state index is 14.1. The van der Waals surface area contributed by atoms with Crippen LogP contribution in [0.25, 0.3) is 0 Å². The van der Waals surface area contributed by atoms with Crippen LogP contribution in [0.1, 0.15) is 50.4 Å². The first-order chi connectivity index (χ1) is 19.2. The lowest BCUT2D eigenvalue weighted by atomic mass is 10.0. The van der Waals surface area contributed by atoms with Gasteiger partial charge in [0.2, 0.25) is 0 Å². The summed E-state index contributed by atoms with van der Waals surface area (Å²) >= 11 is 0. The highest BCUT2D eigenvalue weighted by Gasteiger charge is 2.29. The molecule has 1 aliphatic rings. The predicted octanol–water partition coefficient (Wildman–Crippen LogP) is 4.35. The maximum Gasteiger partial charge on any atom is 0.323 e. The number of rotatable bonds is 7. The highest BCUT2D eigenvalue weighted by molar-refractivity contribution is 6.02. The highest BCUT2D eigenvalue weighted by Crippen LogP contribution is 2.28. The topological polar surface area (TPSA) is 121 Å². The fraction of sp³-hybridized carbons (Fsp3) is 0.533. The van der Waals surface area contributed by atoms with Gasteiger partial charge in [0.15, 0.2) is 0 Å². The van der Waals surface area contributed by atoms with Gasteiger partial charge in [-0.1, -0.05) is 6.92 Å². The molecule has 3 rings (SSSR count). The SMILES string of the molecule is CNC[C@H]1OCCCC[C@@H](C)Oc2ccc(NC(=O)Nc3ccc(OC)cc3)cc2C(=O)N([C@@H](C)CO)C[C@@H]1C. The van der Waals surface area contributed by atoms with Crippen LogP contribution in [0.3, 0.4) is 0 Å². The molecule has 0 aromatic heterocycles. The lowest BCUT2D eigenvalue weighted by Gasteiger charge is -2.34. The third kappa shape index (κ3) is 8.84. The second-order valence-electron chi connectivity index (χ2n) is 10.4. The van der Waals surface area contributed by atoms with E-state index >= 15 is 0 Å². The number of likely N-dealkylation sites (N-methyl/N-ethyl adjacent to an activating group) is 1. The standard InChI is InChI=1S/C30H44N4O6/c1-20-18-34(21(2)19-35)29(36)26-16-24(33-30(37)32-23-9-12-25(38-5)13-10-23)11-14-27(26)40-22(3)8-6-7-15-39-28(20)17-31-4/h9-14,16,20-22,28,31,35H,6-8,15,17-19H2,1-5H3,(H2,32,33,37)/t20-,21-,22+,28+/m0/s1. The number of hydrogen-bond acceptors (Lipinski definition) is 7. The first-order valence-electron chi connectivity index (χ1n) is 14.0. The van der Waals surface area contributed by atoms with E-state index in [0.717, 1.165) is 19.3 Å². The molecule has 3 amide bonds. The van der Waals surface area contributed by atoms with Crippen molar-refractivity contribution in [1.29, 1.82) is 0 Å². The van der Waals surface area contributed by atoms with Crippen LogP contribution in [0.4, 0.5) is 16.2 Å². The van der Waals surface area contributed by atoms with E-state index in [-0.39, 0.29) is 30.6 Å². The van der Waals surface area contributed by atoms with E-state index in [2.05, 4.69) is 22.9 Å². The van der Waals surface area contributed by atoms with Crippen molar-refractivity contribution in [2.24, 2.45) is 5.92 Å². The number of methoxy groups -OCH3 is 1. The molecule has 0 radical (unpaired) electrons. The van der Waals surface area contributed by atoms with E-state index in [9.17, 15) is 14.7 Å². The van der Waals surface area contributed by atoms with Gasteiger partial charge < -0.3 is 40.2 Å². The number of nitrogens with one attached hydrogen (secondary N) is 3. The summed E-state index contributed by atoms with van der Waals surface area (Å²) in [5.74, 6) is 0.856. The van der Waals surface area contributed by atoms with Crippen LogP contribution >= 0.6 is 0 Å². The summed E-state index contributed by atoms with van der Waals surface area (Å²) in [7, 11) is 3.46. The molecule has 0 unspecified atom stereocenters. The number of carbonyl (C=O) groups excluding carboxylic acids is 2. The van der Waals surface area contributed by atoms with E-state index < -0.39 is 12.1 Å². The minimum atomic E-state index is -0.450. The zero-order valence-corrected chi connectivity index (χ0v) is 24.2. The van der Waals surface area contributed by atoms with Crippen molar-refractivity contribution in [3.8, 4) is 11.5 Å². The monoisotopic (exact) mass is 556 g/mol. The molecule has 40 heavy (non-hydrogen) atoms. The van der Waals surface area contributed by atoms with Gasteiger partial charge in [0, 0.05) is 37.0 Å². The van der Waals surface area contributed by atoms with Gasteiger partial charge in [0.25, 0.3) is 5.91 Å². The van der Waals surface area contributed by atoms with E-state index in [1.54, 1.807) is 54.5 Å². The van der Waals surface area contributed by atoms with Gasteiger partial charge in [-0.3, -0.25) is 4.79 Å². The number of nitrogens with zero attached hydrogens (tertiary/aromatic N) is 1. The van der Waals surface area contributed by atoms with Gasteiger partial charge in [-0.2, -0.15) is 0 Å². The van der Waals surface area contributed by atoms with Crippen molar-refractivity contribution in [3.05, 3.63) is 48.0 Å². The Morgan fingerprint density at radius 3 is 2.50 bits per heavy atom. The molecule has 220 valence electrons. The second kappa shape index (κ2) is 15.4. The number of hydrogen-bond donors (Lipinski definition) is 4. The fourth-order valence-corrected chi connectivity index (χ4v) is 4.66. The van der Waals surface area contributed by atoms with Crippen molar-refractivity contribution in [2.75, 3.05) is 51.1 Å². The first kappa shape index (κ1) is 31.2. The zero-order chi connectivity index (χ0) is 29.1. The molecular weight excluding hydrogens is 512 g/mol. The average Bonchev–Trinajstić information content (AvgIpc) is 2.95. The van der Waals surface area contributed by atoms with Gasteiger partial charge >= 0.3 is 6.03 Å². The molecule has 1 heterocycles. The van der Waals surface area contributed by atoms with Crippen molar-refractivity contribution in [2.45, 2.75) is 58.3 Å². The smallest absolute Gasteiger partial charge is 0.323 e. The van der Waals surface area contributed by atoms with Crippen LogP contribution in [0.2, 0.25) is 0 Å². The fourth-order valence-electron chi connectivity index (χ4n) is 4.66. The molecule has 0 saturated heterocycles. The molecule has 1 aliphatic heterocycles. The first-order valence-corrected chi connectivity index (χ1v) is 14.0. The Bertz CT molecular complexity index is 1100. The summed E-state index contributed by atoms with van der Waals surface area (Å²) in [4.78, 5) is 28.5. The number of aliphatic hydroxyl groups excluding tert-OH is 1. The van der Waals surface area contributed by atoms with E-state index in [0.29, 0.717) is 48.1 Å². The van der Waals surface area contributed by atoms with E-state index in [4.69, 9.17) is 14.2 Å². The summed E-state index contributed by atoms with van der Waals surface area (Å²) in [6.07, 6.45) is 2.45. The Hall–Kier alpha value is -3.34. The molecule has 0 spiro atoms. The molecule has 2 aromatic carbocycles. The predicted molar refractivity (Wildman–Crippen MR) is 156 cm³/mol. The molecule has 4 N–H and O–H groups in total. The summed E-state index contributed by atoms with van der Waals surface area (Å²) in [6.45, 7) is 7.34. The van der Waals surface area contributed by atoms with Gasteiger partial charge in [-0.05, 0) is 82.6 Å². The Labute approximate surface area is 237 Å². The number of benzene rings is 2. The van der Waals surface area contributed by atoms with Gasteiger partial charge in [-0.15, -0.1) is 0 Å². The average molecular weight is 557 g/mol. The van der Waals surface area contributed by atoms with Gasteiger partial charge in [0.05, 0.1) is 37.5 Å². The number of ether oxygens (including phenoxy) is 3. The van der Waals surface area contributed by atoms with Crippen LogP contribution in [-0.2, 0) is 4.74 Å². The normalized spacial score (nSPS) is 21.4. The van der Waals surface area contributed by atoms with Crippen molar-refractivity contribution in [1.82, 2.24) is 10.2 Å². The zero-order valence-electron chi connectivity index (χ0n) is 24.2. The number of fused-ring (bicyclic) bond motifs is 1. The number of aliphatic hydroxyl groups is 1. The number of anilines is 2. The molecule has 0 aliphatic carbocycles. The summed E-state index contributed by atoms with van der Waals surface area (Å²) < 4.78 is 17.6. The van der Waals surface area contributed by atoms with E-state index in [1.165, 1.54) is 0 Å². The van der Waals surface area contributed by atoms with Crippen LogP contribution in [0.15, 0.2) is 42.5 Å². The molecule has 10 heteroatoms. The molecule has 2 aromatic rings. The molecule has 4 atom stereocenters.